The summed E-state index contributed by atoms with van der Waals surface area (Å²) in [6.45, 7) is 3.54. The van der Waals surface area contributed by atoms with Crippen LogP contribution in [0, 0.1) is 0 Å². The molecule has 0 atom stereocenters. The van der Waals surface area contributed by atoms with Gasteiger partial charge in [0, 0.05) is 22.0 Å². The molecular weight excluding hydrogens is 504 g/mol. The van der Waals surface area contributed by atoms with Crippen LogP contribution in [-0.2, 0) is 13.2 Å². The van der Waals surface area contributed by atoms with Gasteiger partial charge < -0.3 is 9.30 Å². The largest absolute Gasteiger partial charge is 0.488 e. The number of hydrogen-bond acceptors (Lipinski definition) is 6. The normalized spacial score (nSPS) is 11.5. The van der Waals surface area contributed by atoms with Crippen molar-refractivity contribution in [1.29, 1.82) is 0 Å². The highest BCUT2D eigenvalue weighted by Gasteiger charge is 2.14. The highest BCUT2D eigenvalue weighted by atomic mass is 79.9. The van der Waals surface area contributed by atoms with Crippen LogP contribution in [0.2, 0.25) is 0 Å². The first kappa shape index (κ1) is 23.0. The Morgan fingerprint density at radius 1 is 1.03 bits per heavy atom. The molecule has 7 nitrogen and oxygen atoms in total. The zero-order valence-corrected chi connectivity index (χ0v) is 20.9. The van der Waals surface area contributed by atoms with E-state index < -0.39 is 0 Å². The van der Waals surface area contributed by atoms with Crippen molar-refractivity contribution in [3.8, 4) is 5.75 Å². The summed E-state index contributed by atoms with van der Waals surface area (Å²) >= 11 is 3.53. The molecule has 5 aromatic rings. The van der Waals surface area contributed by atoms with E-state index >= 15 is 0 Å². The summed E-state index contributed by atoms with van der Waals surface area (Å²) in [6.07, 6.45) is 3.86. The number of hydrogen-bond donors (Lipinski definition) is 1. The van der Waals surface area contributed by atoms with Crippen molar-refractivity contribution < 1.29 is 4.74 Å². The van der Waals surface area contributed by atoms with E-state index in [0.717, 1.165) is 62.8 Å². The minimum Gasteiger partial charge on any atom is -0.488 e. The van der Waals surface area contributed by atoms with E-state index in [0.29, 0.717) is 12.6 Å². The predicted octanol–water partition coefficient (Wildman–Crippen LogP) is 6.57. The highest BCUT2D eigenvalue weighted by Crippen LogP contribution is 2.27. The molecule has 0 radical (unpaired) electrons. The molecule has 0 amide bonds. The van der Waals surface area contributed by atoms with Crippen molar-refractivity contribution in [2.45, 2.75) is 32.9 Å². The Bertz CT molecular complexity index is 1480. The summed E-state index contributed by atoms with van der Waals surface area (Å²) in [4.78, 5) is 4.74. The molecule has 176 valence electrons. The Labute approximate surface area is 212 Å². The first-order valence-corrected chi connectivity index (χ1v) is 12.4. The monoisotopic (exact) mass is 528 g/mol. The smallest absolute Gasteiger partial charge is 0.265 e. The summed E-state index contributed by atoms with van der Waals surface area (Å²) in [5.41, 5.74) is 7.59. The molecule has 0 saturated carbocycles. The van der Waals surface area contributed by atoms with Gasteiger partial charge in [-0.25, -0.2) is 5.43 Å². The molecule has 0 saturated heterocycles. The number of nitrogens with zero attached hydrogens (tertiary/aromatic N) is 5. The van der Waals surface area contributed by atoms with Gasteiger partial charge in [0.2, 0.25) is 0 Å². The summed E-state index contributed by atoms with van der Waals surface area (Å²) in [5.74, 6) is 1.08. The van der Waals surface area contributed by atoms with Crippen LogP contribution in [0.3, 0.4) is 0 Å². The van der Waals surface area contributed by atoms with Crippen LogP contribution in [0.4, 0.5) is 5.95 Å². The second-order valence-corrected chi connectivity index (χ2v) is 9.07. The molecule has 3 aromatic carbocycles. The first-order valence-electron chi connectivity index (χ1n) is 11.6. The Morgan fingerprint density at radius 2 is 1.86 bits per heavy atom. The minimum absolute atomic E-state index is 0.344. The van der Waals surface area contributed by atoms with Crippen LogP contribution in [0.15, 0.2) is 82.4 Å². The molecule has 35 heavy (non-hydrogen) atoms. The molecule has 2 heterocycles. The maximum atomic E-state index is 6.04. The lowest BCUT2D eigenvalue weighted by Gasteiger charge is -2.09. The fourth-order valence-corrected chi connectivity index (χ4v) is 4.32. The first-order chi connectivity index (χ1) is 17.2. The number of halogens is 1. The lowest BCUT2D eigenvalue weighted by molar-refractivity contribution is 0.306. The number of unbranched alkanes of at least 4 members (excludes halogenated alkanes) is 1. The lowest BCUT2D eigenvalue weighted by Crippen LogP contribution is -2.04. The molecule has 0 aliphatic rings. The van der Waals surface area contributed by atoms with Gasteiger partial charge in [-0.2, -0.15) is 10.1 Å². The average molecular weight is 529 g/mol. The van der Waals surface area contributed by atoms with Crippen molar-refractivity contribution >= 4 is 50.2 Å². The number of aromatic nitrogens is 4. The molecule has 0 spiro atoms. The summed E-state index contributed by atoms with van der Waals surface area (Å²) in [6, 6.07) is 24.1. The quantitative estimate of drug-likeness (QED) is 0.173. The van der Waals surface area contributed by atoms with Crippen LogP contribution < -0.4 is 10.2 Å². The van der Waals surface area contributed by atoms with Gasteiger partial charge in [0.25, 0.3) is 5.95 Å². The number of benzene rings is 3. The Hall–Kier alpha value is -3.78. The van der Waals surface area contributed by atoms with Crippen molar-refractivity contribution in [3.63, 3.8) is 0 Å². The molecule has 1 N–H and O–H groups in total. The number of nitrogens with one attached hydrogen (secondary N) is 1. The maximum Gasteiger partial charge on any atom is 0.265 e. The van der Waals surface area contributed by atoms with Gasteiger partial charge in [-0.1, -0.05) is 77.8 Å². The van der Waals surface area contributed by atoms with Gasteiger partial charge >= 0.3 is 0 Å². The molecule has 0 fully saturated rings. The van der Waals surface area contributed by atoms with Crippen LogP contribution in [0.5, 0.6) is 5.75 Å². The Morgan fingerprint density at radius 3 is 2.71 bits per heavy atom. The third-order valence-corrected chi connectivity index (χ3v) is 6.18. The van der Waals surface area contributed by atoms with E-state index in [4.69, 9.17) is 9.72 Å². The van der Waals surface area contributed by atoms with Crippen molar-refractivity contribution in [2.24, 2.45) is 5.10 Å². The van der Waals surface area contributed by atoms with Crippen LogP contribution in [0.1, 0.15) is 30.9 Å². The van der Waals surface area contributed by atoms with E-state index in [9.17, 15) is 0 Å². The molecule has 0 aliphatic carbocycles. The average Bonchev–Trinajstić information content (AvgIpc) is 3.20. The second-order valence-electron chi connectivity index (χ2n) is 8.16. The second kappa shape index (κ2) is 10.7. The summed E-state index contributed by atoms with van der Waals surface area (Å²) in [7, 11) is 0. The predicted molar refractivity (Wildman–Crippen MR) is 144 cm³/mol. The highest BCUT2D eigenvalue weighted by molar-refractivity contribution is 9.10. The molecule has 2 aromatic heterocycles. The van der Waals surface area contributed by atoms with E-state index in [2.05, 4.69) is 60.3 Å². The standard InChI is InChI=1S/C27H25BrN6O/c1-2-3-15-34-23-12-8-7-11-22(23)25-26(34)30-27(33-31-25)32-29-17-20-16-21(28)13-14-24(20)35-18-19-9-5-4-6-10-19/h4-14,16-17H,2-3,15,18H2,1H3,(H,30,32,33)/b29-17+. The van der Waals surface area contributed by atoms with Crippen molar-refractivity contribution in [2.75, 3.05) is 5.43 Å². The summed E-state index contributed by atoms with van der Waals surface area (Å²) < 4.78 is 9.18. The molecular formula is C27H25BrN6O. The van der Waals surface area contributed by atoms with Gasteiger partial charge in [-0.15, -0.1) is 10.2 Å². The number of anilines is 1. The Kier molecular flexibility index (Phi) is 6.99. The van der Waals surface area contributed by atoms with Crippen LogP contribution in [0.25, 0.3) is 22.1 Å². The number of rotatable bonds is 9. The SMILES string of the molecule is CCCCn1c2ccccc2c2nnc(N/N=C/c3cc(Br)ccc3OCc3ccccc3)nc21. The van der Waals surface area contributed by atoms with Gasteiger partial charge in [0.1, 0.15) is 17.9 Å². The fraction of sp³-hybridized carbons (Fsp3) is 0.185. The third kappa shape index (κ3) is 5.17. The van der Waals surface area contributed by atoms with Crippen molar-refractivity contribution in [3.05, 3.63) is 88.4 Å². The topological polar surface area (TPSA) is 77.2 Å². The number of hydrazone groups is 1. The Balaban J connectivity index is 1.38. The van der Waals surface area contributed by atoms with E-state index in [-0.39, 0.29) is 0 Å². The van der Waals surface area contributed by atoms with E-state index in [1.807, 2.05) is 60.7 Å². The van der Waals surface area contributed by atoms with E-state index in [1.54, 1.807) is 6.21 Å². The van der Waals surface area contributed by atoms with Gasteiger partial charge in [-0.3, -0.25) is 0 Å². The molecule has 5 rings (SSSR count). The van der Waals surface area contributed by atoms with Gasteiger partial charge in [0.05, 0.1) is 11.7 Å². The van der Waals surface area contributed by atoms with Crippen LogP contribution in [-0.4, -0.2) is 26.0 Å². The number of fused-ring (bicyclic) bond motifs is 3. The van der Waals surface area contributed by atoms with Gasteiger partial charge in [0.15, 0.2) is 5.65 Å². The molecule has 0 bridgehead atoms. The van der Waals surface area contributed by atoms with Gasteiger partial charge in [-0.05, 0) is 36.2 Å². The number of ether oxygens (including phenoxy) is 1. The zero-order valence-electron chi connectivity index (χ0n) is 19.4. The van der Waals surface area contributed by atoms with Crippen LogP contribution >= 0.6 is 15.9 Å². The molecule has 0 aliphatic heterocycles. The lowest BCUT2D eigenvalue weighted by atomic mass is 10.2. The maximum absolute atomic E-state index is 6.04. The number of para-hydroxylation sites is 1. The van der Waals surface area contributed by atoms with E-state index in [1.165, 1.54) is 0 Å². The summed E-state index contributed by atoms with van der Waals surface area (Å²) in [5, 5.41) is 14.1. The minimum atomic E-state index is 0.344. The molecule has 8 heteroatoms. The third-order valence-electron chi connectivity index (χ3n) is 5.69. The van der Waals surface area contributed by atoms with Crippen molar-refractivity contribution in [1.82, 2.24) is 19.7 Å². The fourth-order valence-electron chi connectivity index (χ4n) is 3.94. The number of aryl methyl sites for hydroxylation is 1. The zero-order chi connectivity index (χ0) is 24.0. The molecule has 0 unspecified atom stereocenters.